The molecule has 0 N–H and O–H groups in total. The van der Waals surface area contributed by atoms with E-state index in [1.54, 1.807) is 0 Å². The van der Waals surface area contributed by atoms with Gasteiger partial charge in [0.05, 0.1) is 11.1 Å². The highest BCUT2D eigenvalue weighted by Gasteiger charge is 2.26. The predicted octanol–water partition coefficient (Wildman–Crippen LogP) is 13.2. The average molecular weight is 697 g/mol. The largest absolute Gasteiger partial charge is 0.456 e. The fraction of sp³-hybridized carbons (Fsp3) is 0.0816. The Kier molecular flexibility index (Phi) is 8.03. The number of aromatic nitrogens is 3. The fourth-order valence-corrected chi connectivity index (χ4v) is 7.69. The van der Waals surface area contributed by atoms with Gasteiger partial charge >= 0.3 is 0 Å². The second-order valence-corrected chi connectivity index (χ2v) is 13.9. The second kappa shape index (κ2) is 13.6. The standard InChI is InChI=1S/C49H36N4O/c1-4-15-33(16-5-1)34-27-29-39(30-28-34)53(38-21-8-3-9-22-38)43-31-37(32-45-46(43)42-25-12-13-26-44(42)54-45)48-50-47(36-17-6-2-7-18-36)51-49(52-48)41-24-11-10-23-40(41)35-19-14-20-35/h1-13,15-18,21-32,35H,14,19-20H2. The minimum atomic E-state index is 0.521. The van der Waals surface area contributed by atoms with Crippen molar-refractivity contribution >= 4 is 39.0 Å². The van der Waals surface area contributed by atoms with Crippen molar-refractivity contribution < 1.29 is 4.42 Å². The Labute approximate surface area is 314 Å². The van der Waals surface area contributed by atoms with Crippen LogP contribution in [0.2, 0.25) is 0 Å². The van der Waals surface area contributed by atoms with Crippen molar-refractivity contribution in [3.63, 3.8) is 0 Å². The Morgan fingerprint density at radius 3 is 1.76 bits per heavy atom. The van der Waals surface area contributed by atoms with Gasteiger partial charge in [0.25, 0.3) is 0 Å². The van der Waals surface area contributed by atoms with E-state index in [2.05, 4.69) is 144 Å². The summed E-state index contributed by atoms with van der Waals surface area (Å²) in [6, 6.07) is 61.2. The van der Waals surface area contributed by atoms with Crippen LogP contribution in [0.3, 0.4) is 0 Å². The van der Waals surface area contributed by atoms with Crippen molar-refractivity contribution in [1.29, 1.82) is 0 Å². The lowest BCUT2D eigenvalue weighted by Gasteiger charge is -2.28. The number of fused-ring (bicyclic) bond motifs is 3. The highest BCUT2D eigenvalue weighted by Crippen LogP contribution is 2.46. The van der Waals surface area contributed by atoms with Crippen LogP contribution in [0.5, 0.6) is 0 Å². The van der Waals surface area contributed by atoms with Gasteiger partial charge in [0.1, 0.15) is 11.2 Å². The Balaban J connectivity index is 1.21. The van der Waals surface area contributed by atoms with E-state index in [0.29, 0.717) is 23.4 Å². The molecule has 1 saturated carbocycles. The zero-order valence-electron chi connectivity index (χ0n) is 29.6. The van der Waals surface area contributed by atoms with E-state index < -0.39 is 0 Å². The van der Waals surface area contributed by atoms with Gasteiger partial charge in [0.2, 0.25) is 0 Å². The summed E-state index contributed by atoms with van der Waals surface area (Å²) in [5, 5.41) is 2.07. The summed E-state index contributed by atoms with van der Waals surface area (Å²) < 4.78 is 6.66. The summed E-state index contributed by atoms with van der Waals surface area (Å²) in [7, 11) is 0. The van der Waals surface area contributed by atoms with Crippen molar-refractivity contribution in [3.05, 3.63) is 181 Å². The Morgan fingerprint density at radius 2 is 1.04 bits per heavy atom. The molecule has 258 valence electrons. The molecule has 0 spiro atoms. The molecule has 54 heavy (non-hydrogen) atoms. The number of anilines is 3. The van der Waals surface area contributed by atoms with Gasteiger partial charge in [-0.3, -0.25) is 0 Å². The minimum absolute atomic E-state index is 0.521. The number of hydrogen-bond acceptors (Lipinski definition) is 5. The Hall–Kier alpha value is -6.85. The molecule has 9 aromatic rings. The van der Waals surface area contributed by atoms with E-state index in [1.165, 1.54) is 30.4 Å². The fourth-order valence-electron chi connectivity index (χ4n) is 7.69. The van der Waals surface area contributed by atoms with Crippen LogP contribution in [0, 0.1) is 0 Å². The van der Waals surface area contributed by atoms with Crippen LogP contribution in [-0.4, -0.2) is 15.0 Å². The van der Waals surface area contributed by atoms with Gasteiger partial charge in [-0.25, -0.2) is 15.0 Å². The van der Waals surface area contributed by atoms with Gasteiger partial charge < -0.3 is 9.32 Å². The summed E-state index contributed by atoms with van der Waals surface area (Å²) in [5.74, 6) is 2.44. The normalized spacial score (nSPS) is 12.9. The van der Waals surface area contributed by atoms with Crippen LogP contribution >= 0.6 is 0 Å². The first-order chi connectivity index (χ1) is 26.8. The molecule has 1 aliphatic rings. The summed E-state index contributed by atoms with van der Waals surface area (Å²) in [6.45, 7) is 0. The molecule has 0 saturated heterocycles. The van der Waals surface area contributed by atoms with Crippen LogP contribution in [0.25, 0.3) is 67.2 Å². The van der Waals surface area contributed by atoms with Gasteiger partial charge in [0, 0.05) is 33.5 Å². The van der Waals surface area contributed by atoms with Crippen LogP contribution in [-0.2, 0) is 0 Å². The molecule has 5 heteroatoms. The predicted molar refractivity (Wildman–Crippen MR) is 220 cm³/mol. The third-order valence-electron chi connectivity index (χ3n) is 10.6. The third kappa shape index (κ3) is 5.80. The average Bonchev–Trinajstić information content (AvgIpc) is 3.60. The molecule has 10 rings (SSSR count). The third-order valence-corrected chi connectivity index (χ3v) is 10.6. The first-order valence-corrected chi connectivity index (χ1v) is 18.6. The number of furan rings is 1. The lowest BCUT2D eigenvalue weighted by Crippen LogP contribution is -2.11. The van der Waals surface area contributed by atoms with Crippen LogP contribution in [0.1, 0.15) is 30.7 Å². The lowest BCUT2D eigenvalue weighted by atomic mass is 9.78. The monoisotopic (exact) mass is 696 g/mol. The van der Waals surface area contributed by atoms with Gasteiger partial charge in [-0.2, -0.15) is 0 Å². The Bertz CT molecular complexity index is 2740. The molecule has 1 aliphatic carbocycles. The summed E-state index contributed by atoms with van der Waals surface area (Å²) in [4.78, 5) is 17.9. The number of rotatable bonds is 8. The number of hydrogen-bond donors (Lipinski definition) is 0. The van der Waals surface area contributed by atoms with E-state index in [1.807, 2.05) is 36.4 Å². The van der Waals surface area contributed by atoms with E-state index in [0.717, 1.165) is 61.3 Å². The van der Waals surface area contributed by atoms with Crippen molar-refractivity contribution in [2.45, 2.75) is 25.2 Å². The van der Waals surface area contributed by atoms with E-state index in [9.17, 15) is 0 Å². The highest BCUT2D eigenvalue weighted by molar-refractivity contribution is 6.14. The van der Waals surface area contributed by atoms with Gasteiger partial charge in [-0.15, -0.1) is 0 Å². The molecule has 1 fully saturated rings. The van der Waals surface area contributed by atoms with Crippen molar-refractivity contribution in [2.75, 3.05) is 4.90 Å². The molecule has 0 bridgehead atoms. The quantitative estimate of drug-likeness (QED) is 0.158. The molecule has 0 radical (unpaired) electrons. The first kappa shape index (κ1) is 31.9. The maximum Gasteiger partial charge on any atom is 0.164 e. The van der Waals surface area contributed by atoms with Gasteiger partial charge in [-0.05, 0) is 77.9 Å². The van der Waals surface area contributed by atoms with E-state index in [-0.39, 0.29) is 0 Å². The van der Waals surface area contributed by atoms with E-state index in [4.69, 9.17) is 19.4 Å². The maximum absolute atomic E-state index is 6.66. The zero-order chi connectivity index (χ0) is 35.8. The SMILES string of the molecule is c1ccc(-c2ccc(N(c3ccccc3)c3cc(-c4nc(-c5ccccc5)nc(-c5ccccc5C5CCC5)n4)cc4oc5ccccc5c34)cc2)cc1. The molecule has 2 heterocycles. The second-order valence-electron chi connectivity index (χ2n) is 13.9. The maximum atomic E-state index is 6.66. The molecular formula is C49H36N4O. The zero-order valence-corrected chi connectivity index (χ0v) is 29.6. The van der Waals surface area contributed by atoms with Gasteiger partial charge in [0.15, 0.2) is 17.5 Å². The molecule has 0 aliphatic heterocycles. The van der Waals surface area contributed by atoms with Crippen LogP contribution in [0.15, 0.2) is 180 Å². The molecule has 0 atom stereocenters. The molecule has 0 unspecified atom stereocenters. The lowest BCUT2D eigenvalue weighted by molar-refractivity contribution is 0.420. The summed E-state index contributed by atoms with van der Waals surface area (Å²) in [5.41, 5.74) is 11.1. The minimum Gasteiger partial charge on any atom is -0.456 e. The Morgan fingerprint density at radius 1 is 0.463 bits per heavy atom. The molecule has 2 aromatic heterocycles. The molecule has 0 amide bonds. The molecule has 5 nitrogen and oxygen atoms in total. The van der Waals surface area contributed by atoms with Crippen LogP contribution in [0.4, 0.5) is 17.1 Å². The topological polar surface area (TPSA) is 55.1 Å². The summed E-state index contributed by atoms with van der Waals surface area (Å²) >= 11 is 0. The van der Waals surface area contributed by atoms with Crippen molar-refractivity contribution in [2.24, 2.45) is 0 Å². The molecular weight excluding hydrogens is 661 g/mol. The number of para-hydroxylation sites is 2. The number of nitrogens with zero attached hydrogens (tertiary/aromatic N) is 4. The molecule has 7 aromatic carbocycles. The van der Waals surface area contributed by atoms with Crippen molar-refractivity contribution in [1.82, 2.24) is 15.0 Å². The van der Waals surface area contributed by atoms with Gasteiger partial charge in [-0.1, -0.05) is 140 Å². The van der Waals surface area contributed by atoms with Crippen LogP contribution < -0.4 is 4.90 Å². The number of benzene rings is 7. The first-order valence-electron chi connectivity index (χ1n) is 18.6. The van der Waals surface area contributed by atoms with E-state index >= 15 is 0 Å². The highest BCUT2D eigenvalue weighted by atomic mass is 16.3. The smallest absolute Gasteiger partial charge is 0.164 e. The summed E-state index contributed by atoms with van der Waals surface area (Å²) in [6.07, 6.45) is 3.63. The van der Waals surface area contributed by atoms with Crippen molar-refractivity contribution in [3.8, 4) is 45.3 Å².